The molecule has 8 heteroatoms. The van der Waals surface area contributed by atoms with Gasteiger partial charge in [0.1, 0.15) is 6.42 Å². The highest BCUT2D eigenvalue weighted by molar-refractivity contribution is 6.03. The van der Waals surface area contributed by atoms with Crippen molar-refractivity contribution in [2.75, 3.05) is 19.0 Å². The molecule has 0 spiro atoms. The largest absolute Gasteiger partial charge is 0.464 e. The van der Waals surface area contributed by atoms with E-state index >= 15 is 0 Å². The van der Waals surface area contributed by atoms with Crippen LogP contribution in [-0.2, 0) is 27.4 Å². The summed E-state index contributed by atoms with van der Waals surface area (Å²) in [5, 5.41) is 6.88. The van der Waals surface area contributed by atoms with Gasteiger partial charge in [0.2, 0.25) is 11.8 Å². The van der Waals surface area contributed by atoms with E-state index in [1.54, 1.807) is 27.8 Å². The molecule has 3 rings (SSSR count). The Morgan fingerprint density at radius 2 is 1.92 bits per heavy atom. The number of anilines is 1. The SMILES string of the molecule is COC(=O)c1cc2n(n1)CCN(C(=O)CC(=O)Nc1ccc(C)cc1)C2. The van der Waals surface area contributed by atoms with Gasteiger partial charge in [-0.1, -0.05) is 17.7 Å². The number of fused-ring (bicyclic) bond motifs is 1. The first-order valence-corrected chi connectivity index (χ1v) is 8.25. The summed E-state index contributed by atoms with van der Waals surface area (Å²) < 4.78 is 6.34. The number of benzene rings is 1. The van der Waals surface area contributed by atoms with E-state index in [-0.39, 0.29) is 23.9 Å². The Kier molecular flexibility index (Phi) is 5.01. The van der Waals surface area contributed by atoms with Crippen LogP contribution in [0.4, 0.5) is 5.69 Å². The van der Waals surface area contributed by atoms with Crippen molar-refractivity contribution in [3.63, 3.8) is 0 Å². The van der Waals surface area contributed by atoms with E-state index in [9.17, 15) is 14.4 Å². The van der Waals surface area contributed by atoms with Crippen molar-refractivity contribution in [1.82, 2.24) is 14.7 Å². The number of ether oxygens (including phenoxy) is 1. The van der Waals surface area contributed by atoms with Crippen molar-refractivity contribution >= 4 is 23.5 Å². The fraction of sp³-hybridized carbons (Fsp3) is 0.333. The number of hydrogen-bond acceptors (Lipinski definition) is 5. The number of nitrogens with zero attached hydrogens (tertiary/aromatic N) is 3. The van der Waals surface area contributed by atoms with Crippen LogP contribution in [0.15, 0.2) is 30.3 Å². The quantitative estimate of drug-likeness (QED) is 0.659. The van der Waals surface area contributed by atoms with Crippen LogP contribution in [0.3, 0.4) is 0 Å². The minimum Gasteiger partial charge on any atom is -0.464 e. The van der Waals surface area contributed by atoms with Crippen LogP contribution in [0, 0.1) is 6.92 Å². The lowest BCUT2D eigenvalue weighted by Crippen LogP contribution is -2.39. The van der Waals surface area contributed by atoms with E-state index in [1.807, 2.05) is 19.1 Å². The molecule has 1 N–H and O–H groups in total. The molecular formula is C18H20N4O4. The van der Waals surface area contributed by atoms with E-state index in [2.05, 4.69) is 15.2 Å². The van der Waals surface area contributed by atoms with Gasteiger partial charge in [-0.05, 0) is 25.1 Å². The van der Waals surface area contributed by atoms with Gasteiger partial charge in [0.25, 0.3) is 0 Å². The summed E-state index contributed by atoms with van der Waals surface area (Å²) in [6.45, 7) is 3.17. The molecule has 136 valence electrons. The zero-order chi connectivity index (χ0) is 18.7. The molecule has 0 radical (unpaired) electrons. The fourth-order valence-corrected chi connectivity index (χ4v) is 2.77. The molecule has 8 nitrogen and oxygen atoms in total. The number of aromatic nitrogens is 2. The molecule has 0 fully saturated rings. The second kappa shape index (κ2) is 7.38. The van der Waals surface area contributed by atoms with Crippen molar-refractivity contribution < 1.29 is 19.1 Å². The Morgan fingerprint density at radius 1 is 1.19 bits per heavy atom. The number of amides is 2. The van der Waals surface area contributed by atoms with E-state index in [4.69, 9.17) is 0 Å². The van der Waals surface area contributed by atoms with Crippen molar-refractivity contribution in [1.29, 1.82) is 0 Å². The third kappa shape index (κ3) is 3.90. The van der Waals surface area contributed by atoms with Gasteiger partial charge in [-0.15, -0.1) is 0 Å². The lowest BCUT2D eigenvalue weighted by molar-refractivity contribution is -0.135. The van der Waals surface area contributed by atoms with Gasteiger partial charge in [0.05, 0.1) is 25.9 Å². The number of carbonyl (C=O) groups is 3. The number of esters is 1. The molecule has 0 bridgehead atoms. The Labute approximate surface area is 150 Å². The second-order valence-electron chi connectivity index (χ2n) is 6.14. The molecular weight excluding hydrogens is 336 g/mol. The summed E-state index contributed by atoms with van der Waals surface area (Å²) in [5.41, 5.74) is 2.71. The van der Waals surface area contributed by atoms with Gasteiger partial charge in [0.15, 0.2) is 5.69 Å². The lowest BCUT2D eigenvalue weighted by atomic mass is 10.2. The summed E-state index contributed by atoms with van der Waals surface area (Å²) in [4.78, 5) is 37.6. The third-order valence-electron chi connectivity index (χ3n) is 4.19. The van der Waals surface area contributed by atoms with Crippen molar-refractivity contribution in [3.05, 3.63) is 47.3 Å². The van der Waals surface area contributed by atoms with Gasteiger partial charge in [-0.3, -0.25) is 14.3 Å². The summed E-state index contributed by atoms with van der Waals surface area (Å²) in [6, 6.07) is 8.99. The predicted molar refractivity (Wildman–Crippen MR) is 93.4 cm³/mol. The Balaban J connectivity index is 1.58. The smallest absolute Gasteiger partial charge is 0.358 e. The summed E-state index contributed by atoms with van der Waals surface area (Å²) in [7, 11) is 1.29. The highest BCUT2D eigenvalue weighted by Gasteiger charge is 2.25. The molecule has 1 aromatic carbocycles. The number of hydrogen-bond donors (Lipinski definition) is 1. The van der Waals surface area contributed by atoms with Crippen LogP contribution in [0.5, 0.6) is 0 Å². The first-order valence-electron chi connectivity index (χ1n) is 8.25. The molecule has 2 heterocycles. The van der Waals surface area contributed by atoms with E-state index in [1.165, 1.54) is 7.11 Å². The standard InChI is InChI=1S/C18H20N4O4/c1-12-3-5-13(6-4-12)19-16(23)10-17(24)21-7-8-22-14(11-21)9-15(20-22)18(25)26-2/h3-6,9H,7-8,10-11H2,1-2H3,(H,19,23). The Hall–Kier alpha value is -3.16. The van der Waals surface area contributed by atoms with Gasteiger partial charge >= 0.3 is 5.97 Å². The average molecular weight is 356 g/mol. The first kappa shape index (κ1) is 17.7. The molecule has 0 atom stereocenters. The minimum atomic E-state index is -0.512. The fourth-order valence-electron chi connectivity index (χ4n) is 2.77. The van der Waals surface area contributed by atoms with Gasteiger partial charge in [-0.25, -0.2) is 4.79 Å². The molecule has 1 aliphatic rings. The predicted octanol–water partition coefficient (Wildman–Crippen LogP) is 1.35. The average Bonchev–Trinajstić information content (AvgIpc) is 3.06. The number of rotatable bonds is 4. The van der Waals surface area contributed by atoms with Crippen molar-refractivity contribution in [2.24, 2.45) is 0 Å². The van der Waals surface area contributed by atoms with E-state index in [0.717, 1.165) is 11.3 Å². The molecule has 0 unspecified atom stereocenters. The second-order valence-corrected chi connectivity index (χ2v) is 6.14. The van der Waals surface area contributed by atoms with Crippen LogP contribution >= 0.6 is 0 Å². The monoisotopic (exact) mass is 356 g/mol. The molecule has 2 aromatic rings. The first-order chi connectivity index (χ1) is 12.5. The zero-order valence-corrected chi connectivity index (χ0v) is 14.7. The number of carbonyl (C=O) groups excluding carboxylic acids is 3. The summed E-state index contributed by atoms with van der Waals surface area (Å²) in [5.74, 6) is -1.13. The zero-order valence-electron chi connectivity index (χ0n) is 14.7. The third-order valence-corrected chi connectivity index (χ3v) is 4.19. The molecule has 2 amide bonds. The molecule has 26 heavy (non-hydrogen) atoms. The van der Waals surface area contributed by atoms with E-state index in [0.29, 0.717) is 25.3 Å². The Morgan fingerprint density at radius 3 is 2.62 bits per heavy atom. The van der Waals surface area contributed by atoms with Gasteiger partial charge in [0, 0.05) is 12.2 Å². The minimum absolute atomic E-state index is 0.217. The molecule has 1 aromatic heterocycles. The number of methoxy groups -OCH3 is 1. The molecule has 1 aliphatic heterocycles. The van der Waals surface area contributed by atoms with E-state index < -0.39 is 5.97 Å². The normalized spacial score (nSPS) is 13.1. The molecule has 0 aliphatic carbocycles. The lowest BCUT2D eigenvalue weighted by Gasteiger charge is -2.27. The highest BCUT2D eigenvalue weighted by atomic mass is 16.5. The van der Waals surface area contributed by atoms with Gasteiger partial charge < -0.3 is 15.0 Å². The van der Waals surface area contributed by atoms with Crippen molar-refractivity contribution in [3.8, 4) is 0 Å². The van der Waals surface area contributed by atoms with Crippen LogP contribution in [0.25, 0.3) is 0 Å². The number of nitrogens with one attached hydrogen (secondary N) is 1. The van der Waals surface area contributed by atoms with Crippen LogP contribution in [0.2, 0.25) is 0 Å². The van der Waals surface area contributed by atoms with Crippen LogP contribution < -0.4 is 5.32 Å². The molecule has 0 saturated carbocycles. The highest BCUT2D eigenvalue weighted by Crippen LogP contribution is 2.16. The topological polar surface area (TPSA) is 93.5 Å². The van der Waals surface area contributed by atoms with Crippen LogP contribution in [0.1, 0.15) is 28.2 Å². The maximum Gasteiger partial charge on any atom is 0.358 e. The van der Waals surface area contributed by atoms with Gasteiger partial charge in [-0.2, -0.15) is 5.10 Å². The van der Waals surface area contributed by atoms with Crippen molar-refractivity contribution in [2.45, 2.75) is 26.4 Å². The Bertz CT molecular complexity index is 841. The molecule has 0 saturated heterocycles. The summed E-state index contributed by atoms with van der Waals surface area (Å²) in [6.07, 6.45) is -0.230. The number of aryl methyl sites for hydroxylation is 1. The maximum atomic E-state index is 12.4. The van der Waals surface area contributed by atoms with Crippen LogP contribution in [-0.4, -0.2) is 46.1 Å². The summed E-state index contributed by atoms with van der Waals surface area (Å²) >= 11 is 0. The maximum absolute atomic E-state index is 12.4.